The number of ether oxygens (including phenoxy) is 4. The molecule has 2 heterocycles. The lowest BCUT2D eigenvalue weighted by molar-refractivity contribution is -0.359. The number of hydrogen-bond donors (Lipinski definition) is 9. The minimum Gasteiger partial charge on any atom is -0.394 e. The molecule has 0 aromatic carbocycles. The molecule has 12 atom stereocenters. The van der Waals surface area contributed by atoms with Crippen molar-refractivity contribution in [2.45, 2.75) is 306 Å². The Hall–Kier alpha value is -2.05. The molecule has 14 heteroatoms. The van der Waals surface area contributed by atoms with Crippen LogP contribution in [0.2, 0.25) is 0 Å². The summed E-state index contributed by atoms with van der Waals surface area (Å²) in [7, 11) is 0. The first-order chi connectivity index (χ1) is 36.1. The van der Waals surface area contributed by atoms with Gasteiger partial charge in [0.1, 0.15) is 48.8 Å². The molecular weight excluding hydrogens is 943 g/mol. The third-order valence-corrected chi connectivity index (χ3v) is 14.5. The Balaban J connectivity index is 1.80. The molecule has 2 fully saturated rings. The maximum Gasteiger partial charge on any atom is 0.220 e. The van der Waals surface area contributed by atoms with Crippen LogP contribution in [-0.4, -0.2) is 140 Å². The van der Waals surface area contributed by atoms with E-state index in [1.54, 1.807) is 6.08 Å². The van der Waals surface area contributed by atoms with Gasteiger partial charge in [0.2, 0.25) is 5.91 Å². The predicted molar refractivity (Wildman–Crippen MR) is 295 cm³/mol. The molecule has 0 aromatic rings. The lowest BCUT2D eigenvalue weighted by atomic mass is 9.97. The number of aliphatic hydroxyl groups excluding tert-OH is 8. The topological polar surface area (TPSA) is 228 Å². The van der Waals surface area contributed by atoms with E-state index < -0.39 is 86.8 Å². The van der Waals surface area contributed by atoms with Gasteiger partial charge in [0.05, 0.1) is 32.0 Å². The summed E-state index contributed by atoms with van der Waals surface area (Å²) in [5.41, 5.74) is 0. The smallest absolute Gasteiger partial charge is 0.220 e. The third kappa shape index (κ3) is 31.4. The highest BCUT2D eigenvalue weighted by Crippen LogP contribution is 2.30. The van der Waals surface area contributed by atoms with Crippen molar-refractivity contribution in [2.75, 3.05) is 19.8 Å². The second-order valence-electron chi connectivity index (χ2n) is 21.1. The summed E-state index contributed by atoms with van der Waals surface area (Å²) in [6.07, 6.45) is 40.1. The van der Waals surface area contributed by atoms with Gasteiger partial charge in [-0.1, -0.05) is 204 Å². The first-order valence-electron chi connectivity index (χ1n) is 29.9. The Morgan fingerprint density at radius 1 is 0.473 bits per heavy atom. The Morgan fingerprint density at radius 2 is 0.865 bits per heavy atom. The SMILES string of the molecule is CCCCCCCC/C=C\CCCCCCCCCC(=O)NC(COC1OC(CO)C(OC2OC(CO)C(O)C(O)C2O)C(O)C1O)C(O)/C=C/CC/C=C/CC/C=C/CCCCCCCCCCCCCCC. The monoisotopic (exact) mass is 1050 g/mol. The van der Waals surface area contributed by atoms with Crippen LogP contribution in [0.4, 0.5) is 0 Å². The van der Waals surface area contributed by atoms with Gasteiger partial charge < -0.3 is 65.1 Å². The zero-order valence-electron chi connectivity index (χ0n) is 46.3. The molecule has 2 aliphatic heterocycles. The van der Waals surface area contributed by atoms with Crippen molar-refractivity contribution in [1.82, 2.24) is 5.32 Å². The fourth-order valence-corrected chi connectivity index (χ4v) is 9.61. The van der Waals surface area contributed by atoms with Crippen LogP contribution >= 0.6 is 0 Å². The molecule has 0 saturated carbocycles. The molecule has 1 amide bonds. The average molecular weight is 1050 g/mol. The molecule has 12 unspecified atom stereocenters. The number of nitrogens with one attached hydrogen (secondary N) is 1. The number of aliphatic hydroxyl groups is 8. The molecule has 0 bridgehead atoms. The van der Waals surface area contributed by atoms with Gasteiger partial charge in [0.15, 0.2) is 12.6 Å². The zero-order chi connectivity index (χ0) is 53.9. The van der Waals surface area contributed by atoms with Crippen LogP contribution in [0.15, 0.2) is 48.6 Å². The molecule has 0 radical (unpaired) electrons. The molecule has 0 aromatic heterocycles. The first-order valence-corrected chi connectivity index (χ1v) is 29.9. The summed E-state index contributed by atoms with van der Waals surface area (Å²) in [5.74, 6) is -0.258. The van der Waals surface area contributed by atoms with Crippen LogP contribution in [0.25, 0.3) is 0 Å². The minimum absolute atomic E-state index is 0.258. The van der Waals surface area contributed by atoms with Crippen molar-refractivity contribution in [2.24, 2.45) is 0 Å². The Morgan fingerprint density at radius 3 is 1.32 bits per heavy atom. The van der Waals surface area contributed by atoms with Crippen molar-refractivity contribution >= 4 is 5.91 Å². The van der Waals surface area contributed by atoms with Gasteiger partial charge in [-0.3, -0.25) is 4.79 Å². The van der Waals surface area contributed by atoms with Gasteiger partial charge >= 0.3 is 0 Å². The minimum atomic E-state index is -1.79. The molecule has 0 aliphatic carbocycles. The molecule has 14 nitrogen and oxygen atoms in total. The molecule has 2 aliphatic rings. The van der Waals surface area contributed by atoms with E-state index in [1.807, 2.05) is 6.08 Å². The van der Waals surface area contributed by atoms with Gasteiger partial charge in [-0.2, -0.15) is 0 Å². The van der Waals surface area contributed by atoms with E-state index in [2.05, 4.69) is 55.6 Å². The van der Waals surface area contributed by atoms with Gasteiger partial charge in [-0.25, -0.2) is 0 Å². The highest BCUT2D eigenvalue weighted by atomic mass is 16.7. The number of hydrogen-bond acceptors (Lipinski definition) is 13. The third-order valence-electron chi connectivity index (χ3n) is 14.5. The lowest BCUT2D eigenvalue weighted by Gasteiger charge is -2.46. The van der Waals surface area contributed by atoms with Crippen molar-refractivity contribution in [3.63, 3.8) is 0 Å². The van der Waals surface area contributed by atoms with Crippen LogP contribution in [-0.2, 0) is 23.7 Å². The van der Waals surface area contributed by atoms with Gasteiger partial charge in [0.25, 0.3) is 0 Å². The Kier molecular flexibility index (Phi) is 42.2. The maximum atomic E-state index is 13.2. The Labute approximate surface area is 448 Å². The van der Waals surface area contributed by atoms with Crippen molar-refractivity contribution in [3.05, 3.63) is 48.6 Å². The summed E-state index contributed by atoms with van der Waals surface area (Å²) in [6, 6.07) is -0.941. The van der Waals surface area contributed by atoms with Gasteiger partial charge in [-0.15, -0.1) is 0 Å². The quantitative estimate of drug-likeness (QED) is 0.0205. The number of carbonyl (C=O) groups excluding carboxylic acids is 1. The molecule has 74 heavy (non-hydrogen) atoms. The van der Waals surface area contributed by atoms with E-state index in [1.165, 1.54) is 148 Å². The van der Waals surface area contributed by atoms with Gasteiger partial charge in [0, 0.05) is 6.42 Å². The summed E-state index contributed by atoms with van der Waals surface area (Å²) >= 11 is 0. The molecule has 2 rings (SSSR count). The van der Waals surface area contributed by atoms with Crippen LogP contribution in [0.5, 0.6) is 0 Å². The van der Waals surface area contributed by atoms with Crippen molar-refractivity contribution in [1.29, 1.82) is 0 Å². The predicted octanol–water partition coefficient (Wildman–Crippen LogP) is 10.0. The molecule has 2 saturated heterocycles. The largest absolute Gasteiger partial charge is 0.394 e. The molecular formula is C60H109NO13. The number of amides is 1. The van der Waals surface area contributed by atoms with Crippen LogP contribution in [0, 0.1) is 0 Å². The van der Waals surface area contributed by atoms with Crippen LogP contribution < -0.4 is 5.32 Å². The maximum absolute atomic E-state index is 13.2. The highest BCUT2D eigenvalue weighted by molar-refractivity contribution is 5.76. The summed E-state index contributed by atoms with van der Waals surface area (Å²) in [6.45, 7) is 2.77. The van der Waals surface area contributed by atoms with E-state index in [4.69, 9.17) is 18.9 Å². The fourth-order valence-electron chi connectivity index (χ4n) is 9.61. The second-order valence-corrected chi connectivity index (χ2v) is 21.1. The highest BCUT2D eigenvalue weighted by Gasteiger charge is 2.51. The number of carbonyl (C=O) groups is 1. The van der Waals surface area contributed by atoms with E-state index in [0.29, 0.717) is 12.8 Å². The van der Waals surface area contributed by atoms with Crippen LogP contribution in [0.1, 0.15) is 232 Å². The zero-order valence-corrected chi connectivity index (χ0v) is 46.3. The number of rotatable bonds is 47. The second kappa shape index (κ2) is 45.9. The van der Waals surface area contributed by atoms with E-state index in [-0.39, 0.29) is 18.9 Å². The molecule has 432 valence electrons. The first kappa shape index (κ1) is 68.1. The normalized spacial score (nSPS) is 25.5. The number of unbranched alkanes of at least 4 members (excludes halogenated alkanes) is 28. The summed E-state index contributed by atoms with van der Waals surface area (Å²) in [4.78, 5) is 13.2. The van der Waals surface area contributed by atoms with Crippen molar-refractivity contribution < 1.29 is 64.6 Å². The summed E-state index contributed by atoms with van der Waals surface area (Å²) in [5, 5.41) is 87.0. The van der Waals surface area contributed by atoms with Gasteiger partial charge in [-0.05, 0) is 70.6 Å². The Bertz CT molecular complexity index is 1430. The van der Waals surface area contributed by atoms with Crippen LogP contribution in [0.3, 0.4) is 0 Å². The molecule has 0 spiro atoms. The molecule has 9 N–H and O–H groups in total. The summed E-state index contributed by atoms with van der Waals surface area (Å²) < 4.78 is 22.7. The fraction of sp³-hybridized carbons (Fsp3) is 0.850. The average Bonchev–Trinajstić information content (AvgIpc) is 3.40. The standard InChI is InChI=1S/C60H109NO13/c1-3-5-7-9-11-13-15-17-19-21-22-23-24-25-26-28-29-31-33-35-37-39-41-43-49(64)48(61-52(65)44-42-40-38-36-34-32-30-27-20-18-16-14-12-10-8-6-4-2)47-71-59-57(70)55(68)58(51(46-63)73-59)74-60-56(69)54(67)53(66)50(45-62)72-60/h18,20,26,28,33,35,41,43,48-51,53-60,62-64,66-70H,3-17,19,21-25,27,29-32,34,36-40,42,44-47H2,1-2H3,(H,61,65)/b20-18-,28-26+,35-33+,43-41+. The van der Waals surface area contributed by atoms with E-state index in [0.717, 1.165) is 51.4 Å². The number of allylic oxidation sites excluding steroid dienone is 7. The van der Waals surface area contributed by atoms with E-state index in [9.17, 15) is 45.6 Å². The van der Waals surface area contributed by atoms with Crippen molar-refractivity contribution in [3.8, 4) is 0 Å². The lowest BCUT2D eigenvalue weighted by Crippen LogP contribution is -2.65. The van der Waals surface area contributed by atoms with E-state index >= 15 is 0 Å².